The summed E-state index contributed by atoms with van der Waals surface area (Å²) in [5.41, 5.74) is 0. The summed E-state index contributed by atoms with van der Waals surface area (Å²) < 4.78 is 80.5. The van der Waals surface area contributed by atoms with Crippen molar-refractivity contribution in [3.05, 3.63) is 0 Å². The summed E-state index contributed by atoms with van der Waals surface area (Å²) in [4.78, 5) is 0. The van der Waals surface area contributed by atoms with Gasteiger partial charge in [0.15, 0.2) is 0 Å². The number of hydrogen-bond acceptors (Lipinski definition) is 0. The van der Waals surface area contributed by atoms with Crippen molar-refractivity contribution in [3.8, 4) is 0 Å². The molecule has 0 rings (SSSR count). The summed E-state index contributed by atoms with van der Waals surface area (Å²) in [5.74, 6) is -3.02. The molecule has 0 aromatic rings. The van der Waals surface area contributed by atoms with Crippen molar-refractivity contribution in [2.24, 2.45) is 5.92 Å². The Balaban J connectivity index is 0. The second-order valence-electron chi connectivity index (χ2n) is 2.27. The van der Waals surface area contributed by atoms with Crippen LogP contribution in [0.1, 0.15) is 6.92 Å². The number of hydrogen-bond donors (Lipinski definition) is 0. The molecule has 0 nitrogen and oxygen atoms in total. The van der Waals surface area contributed by atoms with Crippen LogP contribution >= 0.6 is 0 Å². The SMILES string of the molecule is CC(C(F)C(F)(F)F)C(F)(F)F.F. The average molecular weight is 218 g/mol. The Bertz CT molecular complexity index is 126. The first-order valence-electron chi connectivity index (χ1n) is 2.84. The lowest BCUT2D eigenvalue weighted by molar-refractivity contribution is -0.251. The predicted molar refractivity (Wildman–Crippen MR) is 28.7 cm³/mol. The van der Waals surface area contributed by atoms with Crippen LogP contribution in [-0.4, -0.2) is 18.5 Å². The van der Waals surface area contributed by atoms with Crippen LogP contribution in [0.25, 0.3) is 0 Å². The first kappa shape index (κ1) is 14.9. The topological polar surface area (TPSA) is 0 Å². The maximum atomic E-state index is 12.0. The summed E-state index contributed by atoms with van der Waals surface area (Å²) >= 11 is 0. The molecule has 0 heterocycles. The van der Waals surface area contributed by atoms with Gasteiger partial charge in [0, 0.05) is 0 Å². The molecule has 0 aliphatic carbocycles. The highest BCUT2D eigenvalue weighted by atomic mass is 19.4. The Morgan fingerprint density at radius 3 is 1.23 bits per heavy atom. The highest BCUT2D eigenvalue weighted by Crippen LogP contribution is 2.37. The molecule has 0 spiro atoms. The lowest BCUT2D eigenvalue weighted by Gasteiger charge is -2.21. The Hall–Kier alpha value is -0.560. The number of alkyl halides is 7. The molecule has 0 amide bonds. The van der Waals surface area contributed by atoms with Gasteiger partial charge in [-0.3, -0.25) is 4.70 Å². The van der Waals surface area contributed by atoms with E-state index in [4.69, 9.17) is 0 Å². The van der Waals surface area contributed by atoms with Gasteiger partial charge in [-0.1, -0.05) is 6.92 Å². The van der Waals surface area contributed by atoms with Gasteiger partial charge in [0.25, 0.3) is 0 Å². The zero-order chi connectivity index (χ0) is 10.2. The van der Waals surface area contributed by atoms with E-state index >= 15 is 0 Å². The van der Waals surface area contributed by atoms with E-state index in [0.717, 1.165) is 0 Å². The van der Waals surface area contributed by atoms with E-state index in [1.165, 1.54) is 0 Å². The molecule has 0 aliphatic heterocycles. The van der Waals surface area contributed by atoms with Crippen LogP contribution in [0.15, 0.2) is 0 Å². The monoisotopic (exact) mass is 218 g/mol. The highest BCUT2D eigenvalue weighted by Gasteiger charge is 2.53. The molecule has 0 radical (unpaired) electrons. The molecule has 0 N–H and O–H groups in total. The minimum atomic E-state index is -5.45. The highest BCUT2D eigenvalue weighted by molar-refractivity contribution is 4.77. The van der Waals surface area contributed by atoms with E-state index < -0.39 is 24.4 Å². The van der Waals surface area contributed by atoms with Crippen molar-refractivity contribution in [1.29, 1.82) is 0 Å². The van der Waals surface area contributed by atoms with Crippen LogP contribution < -0.4 is 0 Å². The summed E-state index contributed by atoms with van der Waals surface area (Å²) in [6.45, 7) is 0.151. The fourth-order valence-electron chi connectivity index (χ4n) is 0.449. The maximum absolute atomic E-state index is 12.0. The lowest BCUT2D eigenvalue weighted by Crippen LogP contribution is -2.38. The summed E-state index contributed by atoms with van der Waals surface area (Å²) in [6, 6.07) is 0. The minimum absolute atomic E-state index is 0. The fraction of sp³-hybridized carbons (Fsp3) is 1.00. The van der Waals surface area contributed by atoms with Gasteiger partial charge >= 0.3 is 12.4 Å². The van der Waals surface area contributed by atoms with Gasteiger partial charge in [-0.25, -0.2) is 4.39 Å². The zero-order valence-corrected chi connectivity index (χ0v) is 6.21. The molecule has 8 heteroatoms. The lowest BCUT2D eigenvalue weighted by atomic mass is 10.1. The largest absolute Gasteiger partial charge is 0.420 e. The first-order valence-corrected chi connectivity index (χ1v) is 2.84. The van der Waals surface area contributed by atoms with Gasteiger partial charge in [-0.2, -0.15) is 26.3 Å². The van der Waals surface area contributed by atoms with Gasteiger partial charge in [0.1, 0.15) is 0 Å². The zero-order valence-electron chi connectivity index (χ0n) is 6.21. The van der Waals surface area contributed by atoms with Crippen molar-refractivity contribution in [1.82, 2.24) is 0 Å². The number of halogens is 8. The van der Waals surface area contributed by atoms with Crippen molar-refractivity contribution in [2.45, 2.75) is 25.4 Å². The van der Waals surface area contributed by atoms with Gasteiger partial charge in [0.2, 0.25) is 6.17 Å². The van der Waals surface area contributed by atoms with Crippen molar-refractivity contribution < 1.29 is 35.4 Å². The number of rotatable bonds is 1. The Labute approximate surface area is 68.1 Å². The summed E-state index contributed by atoms with van der Waals surface area (Å²) in [7, 11) is 0. The predicted octanol–water partition coefficient (Wildman–Crippen LogP) is 3.24. The maximum Gasteiger partial charge on any atom is 0.420 e. The van der Waals surface area contributed by atoms with Crippen molar-refractivity contribution in [2.75, 3.05) is 0 Å². The summed E-state index contributed by atoms with van der Waals surface area (Å²) in [6.07, 6.45) is -14.5. The van der Waals surface area contributed by atoms with Crippen molar-refractivity contribution >= 4 is 0 Å². The minimum Gasteiger partial charge on any atom is -0.269 e. The molecule has 82 valence electrons. The molecule has 2 atom stereocenters. The van der Waals surface area contributed by atoms with E-state index in [-0.39, 0.29) is 11.6 Å². The molecule has 0 bridgehead atoms. The molecular weight excluding hydrogens is 212 g/mol. The van der Waals surface area contributed by atoms with Crippen LogP contribution in [0.5, 0.6) is 0 Å². The Kier molecular flexibility index (Phi) is 4.71. The van der Waals surface area contributed by atoms with Crippen LogP contribution in [0.3, 0.4) is 0 Å². The van der Waals surface area contributed by atoms with Crippen LogP contribution in [0.2, 0.25) is 0 Å². The first-order chi connectivity index (χ1) is 5.07. The standard InChI is InChI=1S/C5H5F7.FH/c1-2(4(7,8)9)3(6)5(10,11)12;/h2-3H,1H3;1H. The molecule has 0 saturated carbocycles. The third-order valence-electron chi connectivity index (χ3n) is 1.27. The van der Waals surface area contributed by atoms with Gasteiger partial charge in [-0.15, -0.1) is 0 Å². The van der Waals surface area contributed by atoms with E-state index in [9.17, 15) is 30.7 Å². The third-order valence-corrected chi connectivity index (χ3v) is 1.27. The second kappa shape index (κ2) is 4.10. The quantitative estimate of drug-likeness (QED) is 0.592. The van der Waals surface area contributed by atoms with E-state index in [1.807, 2.05) is 0 Å². The van der Waals surface area contributed by atoms with Crippen LogP contribution in [-0.2, 0) is 0 Å². The van der Waals surface area contributed by atoms with Gasteiger partial charge in [0.05, 0.1) is 5.92 Å². The Morgan fingerprint density at radius 2 is 1.15 bits per heavy atom. The molecule has 0 fully saturated rings. The van der Waals surface area contributed by atoms with Gasteiger partial charge < -0.3 is 0 Å². The summed E-state index contributed by atoms with van der Waals surface area (Å²) in [5, 5.41) is 0. The molecule has 0 aliphatic rings. The van der Waals surface area contributed by atoms with Crippen LogP contribution in [0, 0.1) is 5.92 Å². The van der Waals surface area contributed by atoms with Crippen LogP contribution in [0.4, 0.5) is 35.4 Å². The van der Waals surface area contributed by atoms with E-state index in [2.05, 4.69) is 0 Å². The normalized spacial score (nSPS) is 17.5. The molecule has 2 unspecified atom stereocenters. The smallest absolute Gasteiger partial charge is 0.269 e. The van der Waals surface area contributed by atoms with E-state index in [0.29, 0.717) is 0 Å². The molecule has 0 aromatic carbocycles. The molecule has 0 saturated heterocycles. The Morgan fingerprint density at radius 1 is 0.846 bits per heavy atom. The van der Waals surface area contributed by atoms with Crippen molar-refractivity contribution in [3.63, 3.8) is 0 Å². The second-order valence-corrected chi connectivity index (χ2v) is 2.27. The molecule has 13 heavy (non-hydrogen) atoms. The van der Waals surface area contributed by atoms with E-state index in [1.54, 1.807) is 0 Å². The van der Waals surface area contributed by atoms with Gasteiger partial charge in [-0.05, 0) is 0 Å². The third kappa shape index (κ3) is 4.28. The molecule has 0 aromatic heterocycles. The fourth-order valence-corrected chi connectivity index (χ4v) is 0.449. The molecular formula is C5H6F8. The average Bonchev–Trinajstić information content (AvgIpc) is 1.80.